The second-order valence-corrected chi connectivity index (χ2v) is 7.39. The molecule has 2 fully saturated rings. The number of benzene rings is 1. The second kappa shape index (κ2) is 7.62. The molecule has 0 aliphatic carbocycles. The molecule has 30 heavy (non-hydrogen) atoms. The first-order chi connectivity index (χ1) is 14.7. The molecule has 3 aromatic rings. The Labute approximate surface area is 172 Å². The van der Waals surface area contributed by atoms with Gasteiger partial charge in [-0.25, -0.2) is 4.79 Å². The van der Waals surface area contributed by atoms with E-state index < -0.39 is 0 Å². The molecule has 0 spiro atoms. The number of hydrogen-bond donors (Lipinski definition) is 1. The van der Waals surface area contributed by atoms with Gasteiger partial charge in [0.25, 0.3) is 0 Å². The zero-order valence-corrected chi connectivity index (χ0v) is 16.3. The number of fused-ring (bicyclic) bond motifs is 1. The van der Waals surface area contributed by atoms with Crippen molar-refractivity contribution >= 4 is 34.8 Å². The number of hydrogen-bond acceptors (Lipinski definition) is 7. The smallest absolute Gasteiger partial charge is 0.414 e. The third-order valence-electron chi connectivity index (χ3n) is 5.52. The fourth-order valence-corrected chi connectivity index (χ4v) is 3.88. The van der Waals surface area contributed by atoms with Gasteiger partial charge in [0.05, 0.1) is 6.54 Å². The molecule has 0 atom stereocenters. The summed E-state index contributed by atoms with van der Waals surface area (Å²) in [5.74, 6) is 0.782. The van der Waals surface area contributed by atoms with Gasteiger partial charge >= 0.3 is 6.09 Å². The largest absolute Gasteiger partial charge is 0.447 e. The number of cyclic esters (lactones) is 1. The van der Waals surface area contributed by atoms with Gasteiger partial charge in [-0.15, -0.1) is 15.3 Å². The van der Waals surface area contributed by atoms with Crippen molar-refractivity contribution in [2.45, 2.75) is 12.8 Å². The van der Waals surface area contributed by atoms with E-state index in [4.69, 9.17) is 4.74 Å². The summed E-state index contributed by atoms with van der Waals surface area (Å²) < 4.78 is 6.63. The van der Waals surface area contributed by atoms with Gasteiger partial charge in [0, 0.05) is 30.4 Å². The molecule has 5 rings (SSSR count). The van der Waals surface area contributed by atoms with Gasteiger partial charge in [0.15, 0.2) is 5.65 Å². The molecule has 10 nitrogen and oxygen atoms in total. The van der Waals surface area contributed by atoms with Gasteiger partial charge in [0.2, 0.25) is 5.91 Å². The van der Waals surface area contributed by atoms with Crippen molar-refractivity contribution in [3.8, 4) is 0 Å². The topological polar surface area (TPSA) is 105 Å². The SMILES string of the molecule is O=C(Nc1cccc(N2CCOC2=O)c1)C1CCN(c2ccc3nncn3n2)CC1. The Balaban J connectivity index is 1.20. The average Bonchev–Trinajstić information content (AvgIpc) is 3.42. The van der Waals surface area contributed by atoms with Crippen molar-refractivity contribution in [1.29, 1.82) is 0 Å². The predicted octanol–water partition coefficient (Wildman–Crippen LogP) is 1.94. The van der Waals surface area contributed by atoms with Gasteiger partial charge in [-0.1, -0.05) is 6.07 Å². The number of nitrogens with zero attached hydrogens (tertiary/aromatic N) is 6. The maximum atomic E-state index is 12.8. The van der Waals surface area contributed by atoms with Crippen LogP contribution in [0.15, 0.2) is 42.7 Å². The molecular weight excluding hydrogens is 386 g/mol. The van der Waals surface area contributed by atoms with E-state index in [0.717, 1.165) is 37.4 Å². The predicted molar refractivity (Wildman–Crippen MR) is 109 cm³/mol. The van der Waals surface area contributed by atoms with Crippen LogP contribution in [-0.2, 0) is 9.53 Å². The fraction of sp³-hybridized carbons (Fsp3) is 0.350. The molecule has 2 aromatic heterocycles. The zero-order valence-electron chi connectivity index (χ0n) is 16.3. The molecule has 2 saturated heterocycles. The highest BCUT2D eigenvalue weighted by molar-refractivity contribution is 5.95. The molecule has 0 saturated carbocycles. The Morgan fingerprint density at radius 2 is 2.00 bits per heavy atom. The second-order valence-electron chi connectivity index (χ2n) is 7.39. The minimum atomic E-state index is -0.357. The molecule has 1 N–H and O–H groups in total. The number of nitrogens with one attached hydrogen (secondary N) is 1. The van der Waals surface area contributed by atoms with Crippen molar-refractivity contribution in [3.05, 3.63) is 42.7 Å². The van der Waals surface area contributed by atoms with Gasteiger partial charge in [-0.2, -0.15) is 4.52 Å². The number of rotatable bonds is 4. The summed E-state index contributed by atoms with van der Waals surface area (Å²) >= 11 is 0. The van der Waals surface area contributed by atoms with Crippen LogP contribution in [0.4, 0.5) is 22.0 Å². The van der Waals surface area contributed by atoms with E-state index in [1.807, 2.05) is 30.3 Å². The van der Waals surface area contributed by atoms with Crippen LogP contribution in [0.1, 0.15) is 12.8 Å². The van der Waals surface area contributed by atoms with Crippen LogP contribution < -0.4 is 15.1 Å². The van der Waals surface area contributed by atoms with Crippen LogP contribution in [0.2, 0.25) is 0 Å². The molecule has 0 bridgehead atoms. The number of piperidine rings is 1. The highest BCUT2D eigenvalue weighted by atomic mass is 16.6. The standard InChI is InChI=1S/C20H21N7O3/c28-19(22-15-2-1-3-16(12-15)26-10-11-30-20(26)29)14-6-8-25(9-7-14)18-5-4-17-23-21-13-27(17)24-18/h1-5,12-14H,6-11H2,(H,22,28). The lowest BCUT2D eigenvalue weighted by molar-refractivity contribution is -0.120. The van der Waals surface area contributed by atoms with Gasteiger partial charge < -0.3 is 15.0 Å². The van der Waals surface area contributed by atoms with E-state index in [0.29, 0.717) is 24.5 Å². The van der Waals surface area contributed by atoms with Crippen LogP contribution in [0, 0.1) is 5.92 Å². The molecule has 4 heterocycles. The summed E-state index contributed by atoms with van der Waals surface area (Å²) in [6.45, 7) is 2.40. The molecule has 2 aliphatic rings. The van der Waals surface area contributed by atoms with Crippen LogP contribution in [-0.4, -0.2) is 58.1 Å². The van der Waals surface area contributed by atoms with Crippen LogP contribution in [0.5, 0.6) is 0 Å². The molecule has 2 amide bonds. The zero-order chi connectivity index (χ0) is 20.5. The quantitative estimate of drug-likeness (QED) is 0.705. The van der Waals surface area contributed by atoms with E-state index in [9.17, 15) is 9.59 Å². The maximum Gasteiger partial charge on any atom is 0.414 e. The first-order valence-corrected chi connectivity index (χ1v) is 9.94. The van der Waals surface area contributed by atoms with Crippen LogP contribution in [0.25, 0.3) is 5.65 Å². The number of ether oxygens (including phenoxy) is 1. The van der Waals surface area contributed by atoms with Crippen LogP contribution in [0.3, 0.4) is 0 Å². The maximum absolute atomic E-state index is 12.8. The number of aromatic nitrogens is 4. The van der Waals surface area contributed by atoms with E-state index in [1.165, 1.54) is 0 Å². The number of carbonyl (C=O) groups is 2. The van der Waals surface area contributed by atoms with Crippen molar-refractivity contribution in [3.63, 3.8) is 0 Å². The Bertz CT molecular complexity index is 1090. The molecule has 0 radical (unpaired) electrons. The molecule has 10 heteroatoms. The first kappa shape index (κ1) is 18.3. The lowest BCUT2D eigenvalue weighted by Crippen LogP contribution is -2.38. The molecular formula is C20H21N7O3. The van der Waals surface area contributed by atoms with Gasteiger partial charge in [0.1, 0.15) is 18.8 Å². The van der Waals surface area contributed by atoms with Gasteiger partial charge in [-0.3, -0.25) is 9.69 Å². The van der Waals surface area contributed by atoms with Crippen molar-refractivity contribution in [2.24, 2.45) is 5.92 Å². The summed E-state index contributed by atoms with van der Waals surface area (Å²) in [4.78, 5) is 28.3. The number of anilines is 3. The molecule has 0 unspecified atom stereocenters. The third kappa shape index (κ3) is 3.51. The van der Waals surface area contributed by atoms with E-state index in [2.05, 4.69) is 25.5 Å². The molecule has 2 aliphatic heterocycles. The third-order valence-corrected chi connectivity index (χ3v) is 5.52. The van der Waals surface area contributed by atoms with Crippen molar-refractivity contribution in [2.75, 3.05) is 41.4 Å². The van der Waals surface area contributed by atoms with Crippen molar-refractivity contribution < 1.29 is 14.3 Å². The van der Waals surface area contributed by atoms with Crippen LogP contribution >= 0.6 is 0 Å². The Hall–Kier alpha value is -3.69. The summed E-state index contributed by atoms with van der Waals surface area (Å²) in [5, 5.41) is 15.3. The monoisotopic (exact) mass is 407 g/mol. The minimum absolute atomic E-state index is 0.00183. The Morgan fingerprint density at radius 1 is 1.13 bits per heavy atom. The van der Waals surface area contributed by atoms with E-state index in [1.54, 1.807) is 21.8 Å². The van der Waals surface area contributed by atoms with Gasteiger partial charge in [-0.05, 0) is 43.2 Å². The van der Waals surface area contributed by atoms with E-state index >= 15 is 0 Å². The highest BCUT2D eigenvalue weighted by Crippen LogP contribution is 2.25. The lowest BCUT2D eigenvalue weighted by Gasteiger charge is -2.32. The number of carbonyl (C=O) groups excluding carboxylic acids is 2. The minimum Gasteiger partial charge on any atom is -0.447 e. The number of amides is 2. The Morgan fingerprint density at radius 3 is 2.80 bits per heavy atom. The molecule has 154 valence electrons. The normalized spacial score (nSPS) is 17.4. The summed E-state index contributed by atoms with van der Waals surface area (Å²) in [5.41, 5.74) is 2.11. The van der Waals surface area contributed by atoms with Crippen molar-refractivity contribution in [1.82, 2.24) is 19.8 Å². The Kier molecular flexibility index (Phi) is 4.66. The summed E-state index contributed by atoms with van der Waals surface area (Å²) in [7, 11) is 0. The average molecular weight is 407 g/mol. The van der Waals surface area contributed by atoms with E-state index in [-0.39, 0.29) is 17.9 Å². The summed E-state index contributed by atoms with van der Waals surface area (Å²) in [6.07, 6.45) is 2.70. The highest BCUT2D eigenvalue weighted by Gasteiger charge is 2.27. The summed E-state index contributed by atoms with van der Waals surface area (Å²) in [6, 6.07) is 11.1. The first-order valence-electron chi connectivity index (χ1n) is 9.94. The fourth-order valence-electron chi connectivity index (χ4n) is 3.88. The molecule has 1 aromatic carbocycles. The lowest BCUT2D eigenvalue weighted by atomic mass is 9.96.